The molecule has 164 valence electrons. The smallest absolute Gasteiger partial charge is 0.191 e. The van der Waals surface area contributed by atoms with Gasteiger partial charge in [0.05, 0.1) is 13.2 Å². The minimum Gasteiger partial charge on any atom is -0.379 e. The quantitative estimate of drug-likeness (QED) is 0.332. The number of nitrogens with one attached hydrogen (secondary N) is 2. The average Bonchev–Trinajstić information content (AvgIpc) is 2.73. The number of ether oxygens (including phenoxy) is 1. The maximum Gasteiger partial charge on any atom is 0.191 e. The van der Waals surface area contributed by atoms with Gasteiger partial charge in [0.1, 0.15) is 0 Å². The largest absolute Gasteiger partial charge is 0.379 e. The Kier molecular flexibility index (Phi) is 11.3. The van der Waals surface area contributed by atoms with Gasteiger partial charge in [-0.3, -0.25) is 14.8 Å². The lowest BCUT2D eigenvalue weighted by molar-refractivity contribution is 0.0320. The Morgan fingerprint density at radius 1 is 1.17 bits per heavy atom. The number of morpholine rings is 1. The molecule has 2 atom stereocenters. The fourth-order valence-electron chi connectivity index (χ4n) is 4.11. The van der Waals surface area contributed by atoms with E-state index in [4.69, 9.17) is 4.74 Å². The molecule has 2 fully saturated rings. The van der Waals surface area contributed by atoms with E-state index in [1.807, 2.05) is 7.05 Å². The van der Waals surface area contributed by atoms with Crippen molar-refractivity contribution in [3.8, 4) is 0 Å². The van der Waals surface area contributed by atoms with Crippen molar-refractivity contribution in [1.29, 1.82) is 0 Å². The average molecular weight is 515 g/mol. The van der Waals surface area contributed by atoms with Crippen molar-refractivity contribution >= 4 is 29.9 Å². The van der Waals surface area contributed by atoms with Crippen molar-refractivity contribution in [3.05, 3.63) is 35.9 Å². The van der Waals surface area contributed by atoms with Gasteiger partial charge in [-0.25, -0.2) is 0 Å². The van der Waals surface area contributed by atoms with E-state index in [-0.39, 0.29) is 24.0 Å². The summed E-state index contributed by atoms with van der Waals surface area (Å²) in [6.45, 7) is 11.5. The Morgan fingerprint density at radius 3 is 2.66 bits per heavy atom. The summed E-state index contributed by atoms with van der Waals surface area (Å²) in [6.07, 6.45) is 2.43. The van der Waals surface area contributed by atoms with Crippen molar-refractivity contribution in [1.82, 2.24) is 20.4 Å². The lowest BCUT2D eigenvalue weighted by Gasteiger charge is -2.34. The summed E-state index contributed by atoms with van der Waals surface area (Å²) in [7, 11) is 1.87. The molecule has 7 heteroatoms. The first kappa shape index (κ1) is 24.4. The maximum absolute atomic E-state index is 5.44. The van der Waals surface area contributed by atoms with Crippen LogP contribution in [-0.2, 0) is 11.3 Å². The lowest BCUT2D eigenvalue weighted by atomic mass is 10.0. The predicted octanol–water partition coefficient (Wildman–Crippen LogP) is 2.40. The fourth-order valence-corrected chi connectivity index (χ4v) is 4.11. The van der Waals surface area contributed by atoms with Gasteiger partial charge >= 0.3 is 0 Å². The molecule has 0 amide bonds. The van der Waals surface area contributed by atoms with Crippen molar-refractivity contribution < 1.29 is 4.74 Å². The SMILES string of the molecule is CN=C(NCC(C)CN1CCOCC1)NC1CCCN(Cc2ccccc2)C1.I. The van der Waals surface area contributed by atoms with E-state index >= 15 is 0 Å². The summed E-state index contributed by atoms with van der Waals surface area (Å²) >= 11 is 0. The van der Waals surface area contributed by atoms with Crippen LogP contribution in [0.2, 0.25) is 0 Å². The zero-order valence-corrected chi connectivity index (χ0v) is 20.3. The molecule has 0 bridgehead atoms. The van der Waals surface area contributed by atoms with Crippen LogP contribution in [0.4, 0.5) is 0 Å². The van der Waals surface area contributed by atoms with Gasteiger partial charge in [0.15, 0.2) is 5.96 Å². The Balaban J connectivity index is 0.00000300. The number of halogens is 1. The van der Waals surface area contributed by atoms with Crippen LogP contribution in [0.3, 0.4) is 0 Å². The third-order valence-electron chi connectivity index (χ3n) is 5.61. The van der Waals surface area contributed by atoms with Gasteiger partial charge in [-0.2, -0.15) is 0 Å². The monoisotopic (exact) mass is 515 g/mol. The molecule has 0 radical (unpaired) electrons. The van der Waals surface area contributed by atoms with E-state index in [1.165, 1.54) is 24.9 Å². The van der Waals surface area contributed by atoms with Gasteiger partial charge in [-0.1, -0.05) is 37.3 Å². The lowest BCUT2D eigenvalue weighted by Crippen LogP contribution is -2.51. The third kappa shape index (κ3) is 8.78. The number of nitrogens with zero attached hydrogens (tertiary/aromatic N) is 3. The summed E-state index contributed by atoms with van der Waals surface area (Å²) in [5, 5.41) is 7.18. The Morgan fingerprint density at radius 2 is 1.93 bits per heavy atom. The highest BCUT2D eigenvalue weighted by Crippen LogP contribution is 2.13. The number of benzene rings is 1. The molecule has 2 N–H and O–H groups in total. The Bertz CT molecular complexity index is 594. The summed E-state index contributed by atoms with van der Waals surface area (Å²) in [6, 6.07) is 11.2. The molecule has 0 aliphatic carbocycles. The van der Waals surface area contributed by atoms with Gasteiger partial charge in [0, 0.05) is 52.4 Å². The molecule has 2 aliphatic rings. The van der Waals surface area contributed by atoms with Gasteiger partial charge in [-0.05, 0) is 30.9 Å². The van der Waals surface area contributed by atoms with E-state index < -0.39 is 0 Å². The first-order valence-electron chi connectivity index (χ1n) is 10.8. The number of piperidine rings is 1. The molecule has 1 aromatic rings. The van der Waals surface area contributed by atoms with Crippen LogP contribution in [0.1, 0.15) is 25.3 Å². The number of rotatable bonds is 7. The van der Waals surface area contributed by atoms with Gasteiger partial charge in [0.25, 0.3) is 0 Å². The zero-order valence-electron chi connectivity index (χ0n) is 18.0. The van der Waals surface area contributed by atoms with Crippen LogP contribution in [0.5, 0.6) is 0 Å². The first-order valence-corrected chi connectivity index (χ1v) is 10.8. The summed E-state index contributed by atoms with van der Waals surface area (Å²) in [5.74, 6) is 1.51. The molecule has 6 nitrogen and oxygen atoms in total. The molecule has 3 rings (SSSR count). The second-order valence-corrected chi connectivity index (χ2v) is 8.18. The molecule has 0 spiro atoms. The highest BCUT2D eigenvalue weighted by atomic mass is 127. The number of hydrogen-bond acceptors (Lipinski definition) is 4. The van der Waals surface area contributed by atoms with E-state index in [1.54, 1.807) is 0 Å². The van der Waals surface area contributed by atoms with Crippen molar-refractivity contribution in [2.24, 2.45) is 10.9 Å². The molecule has 2 saturated heterocycles. The van der Waals surface area contributed by atoms with Crippen LogP contribution in [0.15, 0.2) is 35.3 Å². The topological polar surface area (TPSA) is 52.1 Å². The van der Waals surface area contributed by atoms with E-state index in [0.29, 0.717) is 12.0 Å². The molecule has 1 aromatic carbocycles. The minimum absolute atomic E-state index is 0. The van der Waals surface area contributed by atoms with Crippen molar-refractivity contribution in [2.75, 3.05) is 59.5 Å². The number of hydrogen-bond donors (Lipinski definition) is 2. The van der Waals surface area contributed by atoms with Crippen LogP contribution >= 0.6 is 24.0 Å². The molecule has 29 heavy (non-hydrogen) atoms. The van der Waals surface area contributed by atoms with Gasteiger partial charge < -0.3 is 15.4 Å². The Hall–Kier alpha value is -0.900. The Labute approximate surface area is 193 Å². The van der Waals surface area contributed by atoms with E-state index in [9.17, 15) is 0 Å². The molecular weight excluding hydrogens is 477 g/mol. The highest BCUT2D eigenvalue weighted by Gasteiger charge is 2.21. The standard InChI is InChI=1S/C22H37N5O.HI/c1-19(16-26-11-13-28-14-12-26)15-24-22(23-2)25-21-9-6-10-27(18-21)17-20-7-4-3-5-8-20;/h3-5,7-8,19,21H,6,9-18H2,1-2H3,(H2,23,24,25);1H. The highest BCUT2D eigenvalue weighted by molar-refractivity contribution is 14.0. The van der Waals surface area contributed by atoms with Crippen molar-refractivity contribution in [2.45, 2.75) is 32.4 Å². The molecule has 2 unspecified atom stereocenters. The predicted molar refractivity (Wildman–Crippen MR) is 131 cm³/mol. The summed E-state index contributed by atoms with van der Waals surface area (Å²) < 4.78 is 5.44. The number of aliphatic imine (C=N–C) groups is 1. The van der Waals surface area contributed by atoms with E-state index in [2.05, 4.69) is 62.7 Å². The second-order valence-electron chi connectivity index (χ2n) is 8.18. The first-order chi connectivity index (χ1) is 13.7. The summed E-state index contributed by atoms with van der Waals surface area (Å²) in [4.78, 5) is 9.49. The maximum atomic E-state index is 5.44. The summed E-state index contributed by atoms with van der Waals surface area (Å²) in [5.41, 5.74) is 1.39. The van der Waals surface area contributed by atoms with Gasteiger partial charge in [0.2, 0.25) is 0 Å². The van der Waals surface area contributed by atoms with Crippen LogP contribution in [0, 0.1) is 5.92 Å². The van der Waals surface area contributed by atoms with Crippen LogP contribution < -0.4 is 10.6 Å². The third-order valence-corrected chi connectivity index (χ3v) is 5.61. The fraction of sp³-hybridized carbons (Fsp3) is 0.682. The van der Waals surface area contributed by atoms with Gasteiger partial charge in [-0.15, -0.1) is 24.0 Å². The van der Waals surface area contributed by atoms with Crippen LogP contribution in [-0.4, -0.2) is 81.3 Å². The zero-order chi connectivity index (χ0) is 19.6. The molecule has 2 aliphatic heterocycles. The number of guanidine groups is 1. The molecular formula is C22H38IN5O. The molecule has 0 aromatic heterocycles. The molecule has 2 heterocycles. The van der Waals surface area contributed by atoms with Crippen molar-refractivity contribution in [3.63, 3.8) is 0 Å². The van der Waals surface area contributed by atoms with Crippen LogP contribution in [0.25, 0.3) is 0 Å². The molecule has 0 saturated carbocycles. The van der Waals surface area contributed by atoms with E-state index in [0.717, 1.165) is 58.4 Å². The number of likely N-dealkylation sites (tertiary alicyclic amines) is 1. The normalized spacial score (nSPS) is 22.6. The minimum atomic E-state index is 0. The second kappa shape index (κ2) is 13.4.